The average molecular weight is 283 g/mol. The Morgan fingerprint density at radius 3 is 3.10 bits per heavy atom. The van der Waals surface area contributed by atoms with Gasteiger partial charge in [0.05, 0.1) is 19.3 Å². The highest BCUT2D eigenvalue weighted by atomic mass is 16.5. The molecule has 5 heteroatoms. The Morgan fingerprint density at radius 1 is 1.60 bits per heavy atom. The van der Waals surface area contributed by atoms with Gasteiger partial charge in [0.25, 0.3) is 0 Å². The van der Waals surface area contributed by atoms with Gasteiger partial charge < -0.3 is 19.7 Å². The molecule has 1 aliphatic heterocycles. The second kappa shape index (κ2) is 10.7. The number of allylic oxidation sites excluding steroid dienone is 1. The molecule has 0 saturated carbocycles. The molecule has 0 amide bonds. The lowest BCUT2D eigenvalue weighted by atomic mass is 10.2. The summed E-state index contributed by atoms with van der Waals surface area (Å²) in [4.78, 5) is 6.40. The van der Waals surface area contributed by atoms with Crippen LogP contribution < -0.4 is 5.32 Å². The van der Waals surface area contributed by atoms with E-state index in [9.17, 15) is 0 Å². The van der Waals surface area contributed by atoms with Crippen molar-refractivity contribution < 1.29 is 9.47 Å². The number of rotatable bonds is 9. The topological polar surface area (TPSA) is 46.1 Å². The zero-order valence-electron chi connectivity index (χ0n) is 12.9. The molecule has 1 N–H and O–H groups in total. The summed E-state index contributed by atoms with van der Waals surface area (Å²) in [5, 5.41) is 3.31. The van der Waals surface area contributed by atoms with Crippen LogP contribution in [0.4, 0.5) is 0 Å². The van der Waals surface area contributed by atoms with Crippen molar-refractivity contribution in [2.45, 2.75) is 31.8 Å². The first kappa shape index (κ1) is 17.0. The van der Waals surface area contributed by atoms with Crippen LogP contribution in [0.3, 0.4) is 0 Å². The SMILES string of the molecule is C=CCCCN(C)C(=NC)NCCOCC1CCCO1. The van der Waals surface area contributed by atoms with Gasteiger partial charge in [-0.25, -0.2) is 0 Å². The van der Waals surface area contributed by atoms with Crippen molar-refractivity contribution in [3.8, 4) is 0 Å². The second-order valence-electron chi connectivity index (χ2n) is 5.04. The molecule has 5 nitrogen and oxygen atoms in total. The van der Waals surface area contributed by atoms with Gasteiger partial charge in [0, 0.05) is 33.8 Å². The summed E-state index contributed by atoms with van der Waals surface area (Å²) in [7, 11) is 3.85. The smallest absolute Gasteiger partial charge is 0.193 e. The summed E-state index contributed by atoms with van der Waals surface area (Å²) >= 11 is 0. The number of hydrogen-bond acceptors (Lipinski definition) is 3. The number of ether oxygens (including phenoxy) is 2. The molecule has 1 rings (SSSR count). The lowest BCUT2D eigenvalue weighted by Gasteiger charge is -2.22. The standard InChI is InChI=1S/C15H29N3O2/c1-4-5-6-10-18(3)15(16-2)17-9-12-19-13-14-8-7-11-20-14/h4,14H,1,5-13H2,2-3H3,(H,16,17). The van der Waals surface area contributed by atoms with Crippen LogP contribution in [-0.4, -0.2) is 64.0 Å². The Morgan fingerprint density at radius 2 is 2.45 bits per heavy atom. The zero-order chi connectivity index (χ0) is 14.6. The van der Waals surface area contributed by atoms with Crippen molar-refractivity contribution in [3.05, 3.63) is 12.7 Å². The third-order valence-electron chi connectivity index (χ3n) is 3.33. The molecule has 1 atom stereocenters. The van der Waals surface area contributed by atoms with Gasteiger partial charge in [-0.15, -0.1) is 6.58 Å². The van der Waals surface area contributed by atoms with Gasteiger partial charge in [0.1, 0.15) is 0 Å². The molecule has 0 aromatic carbocycles. The van der Waals surface area contributed by atoms with Gasteiger partial charge in [-0.3, -0.25) is 4.99 Å². The van der Waals surface area contributed by atoms with E-state index < -0.39 is 0 Å². The number of hydrogen-bond donors (Lipinski definition) is 1. The van der Waals surface area contributed by atoms with E-state index in [4.69, 9.17) is 9.47 Å². The van der Waals surface area contributed by atoms with Crippen LogP contribution in [0.1, 0.15) is 25.7 Å². The fraction of sp³-hybridized carbons (Fsp3) is 0.800. The van der Waals surface area contributed by atoms with E-state index in [1.807, 2.05) is 13.1 Å². The van der Waals surface area contributed by atoms with E-state index in [1.54, 1.807) is 7.05 Å². The van der Waals surface area contributed by atoms with E-state index in [0.29, 0.717) is 19.3 Å². The Bertz CT molecular complexity index is 289. The highest BCUT2D eigenvalue weighted by molar-refractivity contribution is 5.79. The summed E-state index contributed by atoms with van der Waals surface area (Å²) in [6.45, 7) is 7.74. The number of nitrogens with zero attached hydrogens (tertiary/aromatic N) is 2. The molecule has 0 spiro atoms. The van der Waals surface area contributed by atoms with Crippen LogP contribution in [0.5, 0.6) is 0 Å². The van der Waals surface area contributed by atoms with E-state index in [0.717, 1.165) is 51.3 Å². The van der Waals surface area contributed by atoms with Gasteiger partial charge in [-0.1, -0.05) is 6.08 Å². The lowest BCUT2D eigenvalue weighted by Crippen LogP contribution is -2.40. The molecule has 20 heavy (non-hydrogen) atoms. The predicted octanol–water partition coefficient (Wildman–Crippen LogP) is 1.66. The van der Waals surface area contributed by atoms with Gasteiger partial charge in [0.15, 0.2) is 5.96 Å². The first-order chi connectivity index (χ1) is 9.77. The zero-order valence-corrected chi connectivity index (χ0v) is 12.9. The molecule has 0 aromatic rings. The molecule has 116 valence electrons. The average Bonchev–Trinajstić information content (AvgIpc) is 2.96. The maximum Gasteiger partial charge on any atom is 0.193 e. The molecular weight excluding hydrogens is 254 g/mol. The molecular formula is C15H29N3O2. The van der Waals surface area contributed by atoms with Crippen LogP contribution in [0.25, 0.3) is 0 Å². The van der Waals surface area contributed by atoms with Crippen molar-refractivity contribution in [2.24, 2.45) is 4.99 Å². The maximum atomic E-state index is 5.62. The highest BCUT2D eigenvalue weighted by Crippen LogP contribution is 2.11. The summed E-state index contributed by atoms with van der Waals surface area (Å²) < 4.78 is 11.1. The quantitative estimate of drug-likeness (QED) is 0.302. The minimum atomic E-state index is 0.302. The fourth-order valence-electron chi connectivity index (χ4n) is 2.19. The number of nitrogens with one attached hydrogen (secondary N) is 1. The Hall–Kier alpha value is -1.07. The van der Waals surface area contributed by atoms with Crippen LogP contribution in [0.15, 0.2) is 17.6 Å². The molecule has 1 fully saturated rings. The molecule has 1 aliphatic rings. The van der Waals surface area contributed by atoms with Crippen molar-refractivity contribution in [1.29, 1.82) is 0 Å². The van der Waals surface area contributed by atoms with Gasteiger partial charge in [0.2, 0.25) is 0 Å². The van der Waals surface area contributed by atoms with Crippen molar-refractivity contribution >= 4 is 5.96 Å². The maximum absolute atomic E-state index is 5.62. The van der Waals surface area contributed by atoms with Crippen LogP contribution in [0.2, 0.25) is 0 Å². The van der Waals surface area contributed by atoms with Gasteiger partial charge >= 0.3 is 0 Å². The van der Waals surface area contributed by atoms with E-state index >= 15 is 0 Å². The lowest BCUT2D eigenvalue weighted by molar-refractivity contribution is 0.0190. The van der Waals surface area contributed by atoms with E-state index in [-0.39, 0.29) is 0 Å². The summed E-state index contributed by atoms with van der Waals surface area (Å²) in [6.07, 6.45) is 6.66. The number of aliphatic imine (C=N–C) groups is 1. The first-order valence-corrected chi connectivity index (χ1v) is 7.50. The molecule has 1 unspecified atom stereocenters. The van der Waals surface area contributed by atoms with Crippen LogP contribution >= 0.6 is 0 Å². The Balaban J connectivity index is 2.06. The van der Waals surface area contributed by atoms with Crippen molar-refractivity contribution in [2.75, 3.05) is 47.0 Å². The normalized spacial score (nSPS) is 19.1. The van der Waals surface area contributed by atoms with E-state index in [1.165, 1.54) is 0 Å². The molecule has 1 saturated heterocycles. The predicted molar refractivity (Wildman–Crippen MR) is 83.2 cm³/mol. The minimum absolute atomic E-state index is 0.302. The van der Waals surface area contributed by atoms with Crippen LogP contribution in [-0.2, 0) is 9.47 Å². The summed E-state index contributed by atoms with van der Waals surface area (Å²) in [6, 6.07) is 0. The van der Waals surface area contributed by atoms with Crippen molar-refractivity contribution in [3.63, 3.8) is 0 Å². The van der Waals surface area contributed by atoms with Crippen LogP contribution in [0, 0.1) is 0 Å². The molecule has 1 heterocycles. The molecule has 0 aliphatic carbocycles. The Labute approximate surface area is 123 Å². The molecule has 0 aromatic heterocycles. The first-order valence-electron chi connectivity index (χ1n) is 7.50. The van der Waals surface area contributed by atoms with E-state index in [2.05, 4.69) is 21.8 Å². The monoisotopic (exact) mass is 283 g/mol. The molecule has 0 bridgehead atoms. The third-order valence-corrected chi connectivity index (χ3v) is 3.33. The van der Waals surface area contributed by atoms with Crippen molar-refractivity contribution in [1.82, 2.24) is 10.2 Å². The molecule has 0 radical (unpaired) electrons. The summed E-state index contributed by atoms with van der Waals surface area (Å²) in [5.41, 5.74) is 0. The van der Waals surface area contributed by atoms with Gasteiger partial charge in [-0.05, 0) is 25.7 Å². The van der Waals surface area contributed by atoms with Gasteiger partial charge in [-0.2, -0.15) is 0 Å². The minimum Gasteiger partial charge on any atom is -0.377 e. The Kier molecular flexibility index (Phi) is 9.07. The second-order valence-corrected chi connectivity index (χ2v) is 5.04. The number of unbranched alkanes of at least 4 members (excludes halogenated alkanes) is 1. The third kappa shape index (κ3) is 6.91. The largest absolute Gasteiger partial charge is 0.377 e. The number of guanidine groups is 1. The summed E-state index contributed by atoms with van der Waals surface area (Å²) in [5.74, 6) is 0.912. The fourth-order valence-corrected chi connectivity index (χ4v) is 2.19. The highest BCUT2D eigenvalue weighted by Gasteiger charge is 2.15.